The number of aldehydes is 1. The van der Waals surface area contributed by atoms with Gasteiger partial charge in [0.05, 0.1) is 47.3 Å². The first-order valence-corrected chi connectivity index (χ1v) is 14.5. The highest BCUT2D eigenvalue weighted by atomic mass is 32.2. The second-order valence-electron chi connectivity index (χ2n) is 7.45. The molecule has 0 aromatic heterocycles. The third kappa shape index (κ3) is 6.79. The molecule has 1 aromatic rings. The highest BCUT2D eigenvalue weighted by Crippen LogP contribution is 2.68. The van der Waals surface area contributed by atoms with Gasteiger partial charge in [0.1, 0.15) is 11.6 Å². The first-order chi connectivity index (χ1) is 17.9. The molecule has 0 saturated carbocycles. The lowest BCUT2D eigenvalue weighted by Crippen LogP contribution is -2.14. The van der Waals surface area contributed by atoms with Gasteiger partial charge in [0.2, 0.25) is 0 Å². The largest absolute Gasteiger partial charge is 0.513 e. The summed E-state index contributed by atoms with van der Waals surface area (Å²) in [6.45, 7) is 5.94. The van der Waals surface area contributed by atoms with Crippen LogP contribution in [0.15, 0.2) is 39.2 Å². The topological polar surface area (TPSA) is 136 Å². The van der Waals surface area contributed by atoms with Crippen molar-refractivity contribution in [1.29, 1.82) is 10.5 Å². The Bertz CT molecular complexity index is 1190. The maximum absolute atomic E-state index is 12.5. The van der Waals surface area contributed by atoms with Crippen LogP contribution in [-0.4, -0.2) is 31.8 Å². The van der Waals surface area contributed by atoms with Crippen molar-refractivity contribution in [3.05, 3.63) is 19.6 Å². The number of ether oxygens (including phenoxy) is 4. The summed E-state index contributed by atoms with van der Waals surface area (Å²) in [4.78, 5) is 38.2. The summed E-state index contributed by atoms with van der Waals surface area (Å²) in [5.41, 5.74) is 0.327. The normalized spacial score (nSPS) is 13.1. The Morgan fingerprint density at radius 1 is 0.784 bits per heavy atom. The van der Waals surface area contributed by atoms with Gasteiger partial charge in [-0.2, -0.15) is 10.5 Å². The smallest absolute Gasteiger partial charge is 0.434 e. The molecule has 1 aromatic carbocycles. The number of allylic oxidation sites excluding steroid dienone is 2. The fraction of sp³-hybridized carbons (Fsp3) is 0.375. The van der Waals surface area contributed by atoms with E-state index in [1.807, 2.05) is 19.9 Å². The maximum atomic E-state index is 12.5. The maximum Gasteiger partial charge on any atom is 0.513 e. The Hall–Kier alpha value is -2.71. The van der Waals surface area contributed by atoms with Crippen molar-refractivity contribution in [2.24, 2.45) is 0 Å². The number of thioether (sulfide) groups is 4. The molecule has 2 aliphatic heterocycles. The number of fused-ring (bicyclic) bond motifs is 2. The van der Waals surface area contributed by atoms with Crippen LogP contribution in [0.1, 0.15) is 46.5 Å². The molecule has 0 saturated heterocycles. The second kappa shape index (κ2) is 13.7. The highest BCUT2D eigenvalue weighted by molar-refractivity contribution is 8.26. The van der Waals surface area contributed by atoms with Crippen LogP contribution in [0.2, 0.25) is 0 Å². The third-order valence-electron chi connectivity index (χ3n) is 4.75. The average Bonchev–Trinajstić information content (AvgIpc) is 3.52. The predicted molar refractivity (Wildman–Crippen MR) is 141 cm³/mol. The number of carbonyl (C=O) groups excluding carboxylic acids is 3. The minimum absolute atomic E-state index is 0.111. The van der Waals surface area contributed by atoms with Crippen LogP contribution in [-0.2, 0) is 14.3 Å². The molecule has 0 atom stereocenters. The van der Waals surface area contributed by atoms with E-state index in [-0.39, 0.29) is 30.3 Å². The first kappa shape index (κ1) is 28.9. The van der Waals surface area contributed by atoms with Gasteiger partial charge in [0.25, 0.3) is 0 Å². The minimum Gasteiger partial charge on any atom is -0.434 e. The van der Waals surface area contributed by atoms with Gasteiger partial charge in [-0.3, -0.25) is 4.79 Å². The minimum atomic E-state index is -0.913. The molecular weight excluding hydrogens is 557 g/mol. The monoisotopic (exact) mass is 578 g/mol. The van der Waals surface area contributed by atoms with Crippen LogP contribution >= 0.6 is 47.0 Å². The van der Waals surface area contributed by atoms with Gasteiger partial charge in [-0.25, -0.2) is 9.59 Å². The SMILES string of the molecule is CCCCOC(=O)Oc1c2c(c(OC(=O)OCCCC)c3c1SC(=C(C#N)C=O)S3)SC(=C(C)C#N)S2. The summed E-state index contributed by atoms with van der Waals surface area (Å²) < 4.78 is 22.6. The fourth-order valence-corrected chi connectivity index (χ4v) is 8.04. The molecular formula is C24H22N2O7S4. The number of unbranched alkanes of at least 4 members (excludes halogenated alkanes) is 2. The Kier molecular flexibility index (Phi) is 10.7. The summed E-state index contributed by atoms with van der Waals surface area (Å²) in [5.74, 6) is 0.291. The molecule has 0 N–H and O–H groups in total. The van der Waals surface area contributed by atoms with Crippen molar-refractivity contribution in [3.8, 4) is 23.6 Å². The van der Waals surface area contributed by atoms with Crippen LogP contribution < -0.4 is 9.47 Å². The molecule has 13 heteroatoms. The predicted octanol–water partition coefficient (Wildman–Crippen LogP) is 7.40. The Morgan fingerprint density at radius 3 is 1.57 bits per heavy atom. The number of benzene rings is 1. The number of nitriles is 2. The third-order valence-corrected chi connectivity index (χ3v) is 10.2. The summed E-state index contributed by atoms with van der Waals surface area (Å²) in [7, 11) is 0. The lowest BCUT2D eigenvalue weighted by Gasteiger charge is -2.16. The highest BCUT2D eigenvalue weighted by Gasteiger charge is 2.39. The molecule has 0 bridgehead atoms. The van der Waals surface area contributed by atoms with E-state index in [0.717, 1.165) is 36.4 Å². The van der Waals surface area contributed by atoms with E-state index in [0.29, 0.717) is 52.8 Å². The zero-order chi connectivity index (χ0) is 26.9. The summed E-state index contributed by atoms with van der Waals surface area (Å²) >= 11 is 4.50. The van der Waals surface area contributed by atoms with Gasteiger partial charge >= 0.3 is 12.3 Å². The van der Waals surface area contributed by atoms with E-state index >= 15 is 0 Å². The molecule has 9 nitrogen and oxygen atoms in total. The molecule has 0 radical (unpaired) electrons. The standard InChI is InChI=1S/C24H22N2O7S4/c1-4-6-8-30-23(28)32-15-17-18(35-21(34-17)13(3)10-25)16(33-24(29)31-9-7-5-2)20-19(15)36-22(37-20)14(11-26)12-27/h12H,4-9H2,1-3H3. The van der Waals surface area contributed by atoms with E-state index in [2.05, 4.69) is 6.07 Å². The molecule has 0 spiro atoms. The summed E-state index contributed by atoms with van der Waals surface area (Å²) in [6, 6.07) is 3.96. The van der Waals surface area contributed by atoms with E-state index in [4.69, 9.17) is 18.9 Å². The zero-order valence-electron chi connectivity index (χ0n) is 20.2. The Labute approximate surface area is 231 Å². The van der Waals surface area contributed by atoms with Crippen LogP contribution in [0, 0.1) is 22.7 Å². The van der Waals surface area contributed by atoms with E-state index in [1.54, 1.807) is 6.92 Å². The summed E-state index contributed by atoms with van der Waals surface area (Å²) in [5, 5.41) is 18.8. The van der Waals surface area contributed by atoms with Gasteiger partial charge in [-0.15, -0.1) is 0 Å². The van der Waals surface area contributed by atoms with E-state index in [1.165, 1.54) is 23.5 Å². The molecule has 0 aliphatic carbocycles. The Morgan fingerprint density at radius 2 is 1.22 bits per heavy atom. The van der Waals surface area contributed by atoms with E-state index in [9.17, 15) is 24.9 Å². The number of nitrogens with zero attached hydrogens (tertiary/aromatic N) is 2. The van der Waals surface area contributed by atoms with Gasteiger partial charge in [0.15, 0.2) is 17.8 Å². The van der Waals surface area contributed by atoms with Crippen LogP contribution in [0.5, 0.6) is 11.5 Å². The quantitative estimate of drug-likeness (QED) is 0.0719. The van der Waals surface area contributed by atoms with Gasteiger partial charge in [-0.05, 0) is 19.8 Å². The van der Waals surface area contributed by atoms with E-state index < -0.39 is 12.3 Å². The van der Waals surface area contributed by atoms with Crippen molar-refractivity contribution in [1.82, 2.24) is 0 Å². The number of hydrogen-bond acceptors (Lipinski definition) is 13. The fourth-order valence-electron chi connectivity index (χ4n) is 2.84. The van der Waals surface area contributed by atoms with Crippen LogP contribution in [0.25, 0.3) is 0 Å². The Balaban J connectivity index is 2.14. The molecule has 2 aliphatic rings. The van der Waals surface area contributed by atoms with Gasteiger partial charge < -0.3 is 18.9 Å². The van der Waals surface area contributed by atoms with Crippen molar-refractivity contribution in [2.75, 3.05) is 13.2 Å². The van der Waals surface area contributed by atoms with Crippen molar-refractivity contribution >= 4 is 65.6 Å². The number of hydrogen-bond donors (Lipinski definition) is 0. The molecule has 0 unspecified atom stereocenters. The molecule has 37 heavy (non-hydrogen) atoms. The molecule has 194 valence electrons. The van der Waals surface area contributed by atoms with Crippen molar-refractivity contribution in [3.63, 3.8) is 0 Å². The molecule has 3 rings (SSSR count). The molecule has 2 heterocycles. The van der Waals surface area contributed by atoms with Crippen LogP contribution in [0.3, 0.4) is 0 Å². The zero-order valence-corrected chi connectivity index (χ0v) is 23.5. The lowest BCUT2D eigenvalue weighted by atomic mass is 10.3. The van der Waals surface area contributed by atoms with Crippen molar-refractivity contribution in [2.45, 2.75) is 66.0 Å². The van der Waals surface area contributed by atoms with Gasteiger partial charge in [-0.1, -0.05) is 73.7 Å². The summed E-state index contributed by atoms with van der Waals surface area (Å²) in [6.07, 6.45) is 1.60. The first-order valence-electron chi connectivity index (χ1n) is 11.2. The number of carbonyl (C=O) groups is 3. The molecule has 0 amide bonds. The van der Waals surface area contributed by atoms with Crippen molar-refractivity contribution < 1.29 is 33.3 Å². The number of rotatable bonds is 9. The average molecular weight is 579 g/mol. The van der Waals surface area contributed by atoms with Gasteiger partial charge in [0, 0.05) is 5.57 Å². The lowest BCUT2D eigenvalue weighted by molar-refractivity contribution is -0.104. The molecule has 0 fully saturated rings. The van der Waals surface area contributed by atoms with Crippen LogP contribution in [0.4, 0.5) is 9.59 Å². The second-order valence-corrected chi connectivity index (χ2v) is 12.0.